The van der Waals surface area contributed by atoms with Gasteiger partial charge in [-0.2, -0.15) is 13.2 Å². The average Bonchev–Trinajstić information content (AvgIpc) is 2.73. The van der Waals surface area contributed by atoms with E-state index in [1.165, 1.54) is 12.1 Å². The highest BCUT2D eigenvalue weighted by Crippen LogP contribution is 2.34. The van der Waals surface area contributed by atoms with Crippen LogP contribution in [-0.2, 0) is 4.79 Å². The molecular weight excluding hydrogens is 446 g/mol. The Morgan fingerprint density at radius 1 is 1.00 bits per heavy atom. The highest BCUT2D eigenvalue weighted by atomic mass is 19.4. The molecule has 1 fully saturated rings. The Bertz CT molecular complexity index is 997. The van der Waals surface area contributed by atoms with Crippen LogP contribution in [0.25, 0.3) is 17.2 Å². The van der Waals surface area contributed by atoms with Crippen molar-refractivity contribution in [3.8, 4) is 16.9 Å². The summed E-state index contributed by atoms with van der Waals surface area (Å²) in [6.45, 7) is 2.13. The Morgan fingerprint density at radius 3 is 2.18 bits per heavy atom. The van der Waals surface area contributed by atoms with Gasteiger partial charge in [-0.1, -0.05) is 19.8 Å². The third kappa shape index (κ3) is 6.62. The molecule has 8 heteroatoms. The van der Waals surface area contributed by atoms with Gasteiger partial charge in [0.2, 0.25) is 0 Å². The first kappa shape index (κ1) is 24.9. The van der Waals surface area contributed by atoms with E-state index in [1.54, 1.807) is 0 Å². The van der Waals surface area contributed by atoms with Crippen molar-refractivity contribution < 1.29 is 35.9 Å². The summed E-state index contributed by atoms with van der Waals surface area (Å²) in [4.78, 5) is 12.4. The number of ether oxygens (including phenoxy) is 1. The number of carbonyl (C=O) groups is 1. The molecule has 2 aromatic carbocycles. The van der Waals surface area contributed by atoms with Gasteiger partial charge in [-0.05, 0) is 67.5 Å². The van der Waals surface area contributed by atoms with Crippen molar-refractivity contribution in [3.05, 3.63) is 59.4 Å². The second-order valence-corrected chi connectivity index (χ2v) is 8.30. The van der Waals surface area contributed by atoms with Crippen molar-refractivity contribution in [1.29, 1.82) is 0 Å². The molecule has 0 N–H and O–H groups in total. The van der Waals surface area contributed by atoms with Crippen molar-refractivity contribution in [2.24, 2.45) is 11.8 Å². The highest BCUT2D eigenvalue weighted by molar-refractivity contribution is 5.76. The zero-order valence-electron chi connectivity index (χ0n) is 18.0. The molecule has 0 unspecified atom stereocenters. The Labute approximate surface area is 188 Å². The quantitative estimate of drug-likeness (QED) is 0.244. The normalized spacial score (nSPS) is 19.1. The standard InChI is InChI=1S/C25H24F6O2/c1-2-3-15-4-6-16(7-5-15)24(32)33-18-8-9-19(23(28)14-18)17-12-21(26)20(22(27)13-17)10-11-25(29,30)31/h8-16H,2-7H2,1H3. The van der Waals surface area contributed by atoms with Crippen LogP contribution in [0.3, 0.4) is 0 Å². The van der Waals surface area contributed by atoms with Gasteiger partial charge < -0.3 is 4.74 Å². The van der Waals surface area contributed by atoms with Crippen molar-refractivity contribution >= 4 is 12.0 Å². The molecule has 0 atom stereocenters. The van der Waals surface area contributed by atoms with Crippen molar-refractivity contribution in [2.45, 2.75) is 51.6 Å². The van der Waals surface area contributed by atoms with E-state index in [-0.39, 0.29) is 34.9 Å². The molecule has 0 spiro atoms. The lowest BCUT2D eigenvalue weighted by atomic mass is 9.80. The SMILES string of the molecule is CCCC1CCC(C(=O)Oc2ccc(-c3cc(F)c(C=CC(F)(F)F)c(F)c3)c(F)c2)CC1. The number of benzene rings is 2. The van der Waals surface area contributed by atoms with E-state index in [0.717, 1.165) is 56.7 Å². The number of hydrogen-bond acceptors (Lipinski definition) is 2. The van der Waals surface area contributed by atoms with Crippen LogP contribution in [0.15, 0.2) is 36.4 Å². The largest absolute Gasteiger partial charge is 0.426 e. The molecule has 2 nitrogen and oxygen atoms in total. The number of allylic oxidation sites excluding steroid dienone is 1. The number of hydrogen-bond donors (Lipinski definition) is 0. The summed E-state index contributed by atoms with van der Waals surface area (Å²) in [6.07, 6.45) is 0.846. The van der Waals surface area contributed by atoms with E-state index in [4.69, 9.17) is 4.74 Å². The fourth-order valence-electron chi connectivity index (χ4n) is 4.16. The Balaban J connectivity index is 1.72. The second-order valence-electron chi connectivity index (χ2n) is 8.30. The molecule has 0 saturated heterocycles. The van der Waals surface area contributed by atoms with Crippen LogP contribution in [0.5, 0.6) is 5.75 Å². The molecule has 3 rings (SSSR count). The highest BCUT2D eigenvalue weighted by Gasteiger charge is 2.28. The molecule has 0 amide bonds. The van der Waals surface area contributed by atoms with Gasteiger partial charge >= 0.3 is 12.1 Å². The maximum Gasteiger partial charge on any atom is 0.409 e. The summed E-state index contributed by atoms with van der Waals surface area (Å²) >= 11 is 0. The average molecular weight is 470 g/mol. The van der Waals surface area contributed by atoms with Crippen LogP contribution in [0.1, 0.15) is 51.0 Å². The number of alkyl halides is 3. The summed E-state index contributed by atoms with van der Waals surface area (Å²) in [5.74, 6) is -3.51. The fourth-order valence-corrected chi connectivity index (χ4v) is 4.16. The molecular formula is C25H24F6O2. The van der Waals surface area contributed by atoms with Crippen molar-refractivity contribution in [2.75, 3.05) is 0 Å². The Hall–Kier alpha value is -2.77. The van der Waals surface area contributed by atoms with E-state index < -0.39 is 35.2 Å². The molecule has 0 aliphatic heterocycles. The maximum absolute atomic E-state index is 14.6. The van der Waals surface area contributed by atoms with E-state index in [1.807, 2.05) is 0 Å². The summed E-state index contributed by atoms with van der Waals surface area (Å²) in [5, 5.41) is 0. The third-order valence-corrected chi connectivity index (χ3v) is 5.87. The Morgan fingerprint density at radius 2 is 1.64 bits per heavy atom. The predicted octanol–water partition coefficient (Wildman–Crippen LogP) is 7.86. The molecule has 178 valence electrons. The molecule has 2 aromatic rings. The van der Waals surface area contributed by atoms with Gasteiger partial charge in [0.1, 0.15) is 23.2 Å². The van der Waals surface area contributed by atoms with Gasteiger partial charge in [-0.15, -0.1) is 0 Å². The van der Waals surface area contributed by atoms with E-state index in [2.05, 4.69) is 6.92 Å². The molecule has 0 heterocycles. The van der Waals surface area contributed by atoms with E-state index >= 15 is 0 Å². The summed E-state index contributed by atoms with van der Waals surface area (Å²) < 4.78 is 85.2. The van der Waals surface area contributed by atoms with Crippen molar-refractivity contribution in [3.63, 3.8) is 0 Å². The van der Waals surface area contributed by atoms with Crippen LogP contribution in [0.2, 0.25) is 0 Å². The summed E-state index contributed by atoms with van der Waals surface area (Å²) in [5.41, 5.74) is -1.26. The number of rotatable bonds is 6. The van der Waals surface area contributed by atoms with Gasteiger partial charge in [0.15, 0.2) is 0 Å². The van der Waals surface area contributed by atoms with Gasteiger partial charge in [0.25, 0.3) is 0 Å². The lowest BCUT2D eigenvalue weighted by molar-refractivity contribution is -0.140. The first-order valence-electron chi connectivity index (χ1n) is 10.8. The van der Waals surface area contributed by atoms with Crippen LogP contribution in [-0.4, -0.2) is 12.1 Å². The van der Waals surface area contributed by atoms with Crippen molar-refractivity contribution in [1.82, 2.24) is 0 Å². The first-order chi connectivity index (χ1) is 15.6. The molecule has 0 bridgehead atoms. The van der Waals surface area contributed by atoms with Gasteiger partial charge in [0.05, 0.1) is 5.92 Å². The van der Waals surface area contributed by atoms with Crippen LogP contribution < -0.4 is 4.74 Å². The van der Waals surface area contributed by atoms with Crippen LogP contribution in [0, 0.1) is 29.3 Å². The smallest absolute Gasteiger partial charge is 0.409 e. The summed E-state index contributed by atoms with van der Waals surface area (Å²) in [6, 6.07) is 4.96. The second kappa shape index (κ2) is 10.4. The lowest BCUT2D eigenvalue weighted by Crippen LogP contribution is -2.25. The zero-order chi connectivity index (χ0) is 24.2. The van der Waals surface area contributed by atoms with Crippen LogP contribution >= 0.6 is 0 Å². The minimum atomic E-state index is -4.73. The minimum absolute atomic E-state index is 0.0254. The fraction of sp³-hybridized carbons (Fsp3) is 0.400. The van der Waals surface area contributed by atoms with E-state index in [9.17, 15) is 31.1 Å². The zero-order valence-corrected chi connectivity index (χ0v) is 18.0. The number of halogens is 6. The maximum atomic E-state index is 14.6. The molecule has 1 aliphatic carbocycles. The topological polar surface area (TPSA) is 26.3 Å². The monoisotopic (exact) mass is 470 g/mol. The van der Waals surface area contributed by atoms with Gasteiger partial charge in [0, 0.05) is 23.3 Å². The minimum Gasteiger partial charge on any atom is -0.426 e. The molecule has 0 aromatic heterocycles. The molecule has 1 aliphatic rings. The van der Waals surface area contributed by atoms with Gasteiger partial charge in [-0.25, -0.2) is 13.2 Å². The predicted molar refractivity (Wildman–Crippen MR) is 113 cm³/mol. The third-order valence-electron chi connectivity index (χ3n) is 5.87. The lowest BCUT2D eigenvalue weighted by Gasteiger charge is -2.26. The molecule has 0 radical (unpaired) electrons. The van der Waals surface area contributed by atoms with Crippen LogP contribution in [0.4, 0.5) is 26.3 Å². The number of carbonyl (C=O) groups excluding carboxylic acids is 1. The van der Waals surface area contributed by atoms with E-state index in [0.29, 0.717) is 5.92 Å². The van der Waals surface area contributed by atoms with Gasteiger partial charge in [-0.3, -0.25) is 4.79 Å². The molecule has 1 saturated carbocycles. The first-order valence-corrected chi connectivity index (χ1v) is 10.8. The molecule has 33 heavy (non-hydrogen) atoms. The Kier molecular flexibility index (Phi) is 7.87. The summed E-state index contributed by atoms with van der Waals surface area (Å²) in [7, 11) is 0. The number of esters is 1.